The molecule has 0 aromatic heterocycles. The number of halogens is 2. The molecule has 0 spiro atoms. The molecule has 0 amide bonds. The lowest BCUT2D eigenvalue weighted by atomic mass is 10.0. The molecule has 0 aliphatic heterocycles. The van der Waals surface area contributed by atoms with E-state index in [4.69, 9.17) is 9.47 Å². The Balaban J connectivity index is 2.81. The summed E-state index contributed by atoms with van der Waals surface area (Å²) in [6, 6.07) is 3.33. The number of methoxy groups -OCH3 is 2. The van der Waals surface area contributed by atoms with E-state index in [1.54, 1.807) is 0 Å². The number of hydrogen-bond acceptors (Lipinski definition) is 3. The Hall–Kier alpha value is -1.04. The molecule has 0 fully saturated rings. The van der Waals surface area contributed by atoms with Crippen LogP contribution in [0.1, 0.15) is 12.5 Å². The van der Waals surface area contributed by atoms with Crippen LogP contribution in [0, 0.1) is 11.6 Å². The van der Waals surface area contributed by atoms with Crippen LogP contribution in [0.2, 0.25) is 0 Å². The first-order valence-corrected chi connectivity index (χ1v) is 5.84. The van der Waals surface area contributed by atoms with Gasteiger partial charge < -0.3 is 14.8 Å². The van der Waals surface area contributed by atoms with Gasteiger partial charge in [0.15, 0.2) is 6.29 Å². The van der Waals surface area contributed by atoms with Crippen molar-refractivity contribution < 1.29 is 18.3 Å². The summed E-state index contributed by atoms with van der Waals surface area (Å²) in [4.78, 5) is 0. The third kappa shape index (κ3) is 4.33. The predicted octanol–water partition coefficient (Wildman–Crippen LogP) is 2.10. The molecule has 1 unspecified atom stereocenters. The van der Waals surface area contributed by atoms with Crippen LogP contribution in [0.15, 0.2) is 18.2 Å². The van der Waals surface area contributed by atoms with Crippen LogP contribution >= 0.6 is 0 Å². The summed E-state index contributed by atoms with van der Waals surface area (Å²) >= 11 is 0. The van der Waals surface area contributed by atoms with Crippen LogP contribution in [0.3, 0.4) is 0 Å². The molecule has 1 N–H and O–H groups in total. The first-order chi connectivity index (χ1) is 8.60. The first-order valence-electron chi connectivity index (χ1n) is 5.84. The maximum absolute atomic E-state index is 13.1. The van der Waals surface area contributed by atoms with E-state index >= 15 is 0 Å². The Kier molecular flexibility index (Phi) is 6.18. The molecule has 0 aliphatic rings. The molecule has 0 radical (unpaired) electrons. The number of hydrogen-bond donors (Lipinski definition) is 1. The highest BCUT2D eigenvalue weighted by Crippen LogP contribution is 2.13. The fraction of sp³-hybridized carbons (Fsp3) is 0.538. The number of nitrogens with one attached hydrogen (secondary N) is 1. The van der Waals surface area contributed by atoms with Gasteiger partial charge in [-0.15, -0.1) is 0 Å². The first kappa shape index (κ1) is 15.0. The lowest BCUT2D eigenvalue weighted by Gasteiger charge is -2.25. The summed E-state index contributed by atoms with van der Waals surface area (Å²) in [6.45, 7) is 2.66. The largest absolute Gasteiger partial charge is 0.354 e. The number of rotatable bonds is 7. The normalized spacial score (nSPS) is 13.0. The van der Waals surface area contributed by atoms with Gasteiger partial charge in [0.05, 0.1) is 6.04 Å². The number of benzene rings is 1. The highest BCUT2D eigenvalue weighted by atomic mass is 19.1. The molecule has 0 bridgehead atoms. The molecule has 1 rings (SSSR count). The summed E-state index contributed by atoms with van der Waals surface area (Å²) in [7, 11) is 3.06. The maximum Gasteiger partial charge on any atom is 0.172 e. The van der Waals surface area contributed by atoms with E-state index in [9.17, 15) is 8.78 Å². The highest BCUT2D eigenvalue weighted by molar-refractivity contribution is 5.19. The van der Waals surface area contributed by atoms with E-state index in [1.807, 2.05) is 6.92 Å². The fourth-order valence-electron chi connectivity index (χ4n) is 1.93. The van der Waals surface area contributed by atoms with Gasteiger partial charge >= 0.3 is 0 Å². The average Bonchev–Trinajstić information content (AvgIpc) is 2.29. The van der Waals surface area contributed by atoms with E-state index in [0.29, 0.717) is 18.5 Å². The van der Waals surface area contributed by atoms with E-state index < -0.39 is 17.9 Å². The highest BCUT2D eigenvalue weighted by Gasteiger charge is 2.20. The maximum atomic E-state index is 13.1. The Morgan fingerprint density at radius 3 is 2.11 bits per heavy atom. The molecule has 0 saturated carbocycles. The molecule has 18 heavy (non-hydrogen) atoms. The van der Waals surface area contributed by atoms with Gasteiger partial charge in [0.25, 0.3) is 0 Å². The van der Waals surface area contributed by atoms with Gasteiger partial charge in [0.1, 0.15) is 11.6 Å². The minimum Gasteiger partial charge on any atom is -0.354 e. The standard InChI is InChI=1S/C13H19F2NO2/c1-4-16-12(13(17-2)18-3)7-9-5-10(14)8-11(15)6-9/h5-6,8,12-13,16H,4,7H2,1-3H3. The third-order valence-corrected chi connectivity index (χ3v) is 2.64. The second-order valence-electron chi connectivity index (χ2n) is 3.99. The Labute approximate surface area is 106 Å². The molecule has 3 nitrogen and oxygen atoms in total. The second kappa shape index (κ2) is 7.41. The van der Waals surface area contributed by atoms with Crippen molar-refractivity contribution in [3.63, 3.8) is 0 Å². The molecule has 5 heteroatoms. The molecular formula is C13H19F2NO2. The summed E-state index contributed by atoms with van der Waals surface area (Å²) in [5.41, 5.74) is 0.567. The summed E-state index contributed by atoms with van der Waals surface area (Å²) in [5, 5.41) is 3.18. The second-order valence-corrected chi connectivity index (χ2v) is 3.99. The van der Waals surface area contributed by atoms with E-state index in [0.717, 1.165) is 6.07 Å². The fourth-order valence-corrected chi connectivity index (χ4v) is 1.93. The molecule has 0 aliphatic carbocycles. The van der Waals surface area contributed by atoms with E-state index in [2.05, 4.69) is 5.32 Å². The lowest BCUT2D eigenvalue weighted by molar-refractivity contribution is -0.122. The predicted molar refractivity (Wildman–Crippen MR) is 65.3 cm³/mol. The van der Waals surface area contributed by atoms with E-state index in [-0.39, 0.29) is 6.04 Å². The van der Waals surface area contributed by atoms with Crippen molar-refractivity contribution in [2.75, 3.05) is 20.8 Å². The zero-order valence-electron chi connectivity index (χ0n) is 10.9. The van der Waals surface area contributed by atoms with Crippen molar-refractivity contribution in [3.05, 3.63) is 35.4 Å². The number of likely N-dealkylation sites (N-methyl/N-ethyl adjacent to an activating group) is 1. The smallest absolute Gasteiger partial charge is 0.172 e. The van der Waals surface area contributed by atoms with Crippen LogP contribution < -0.4 is 5.32 Å². The van der Waals surface area contributed by atoms with Crippen molar-refractivity contribution in [3.8, 4) is 0 Å². The van der Waals surface area contributed by atoms with E-state index in [1.165, 1.54) is 26.4 Å². The third-order valence-electron chi connectivity index (χ3n) is 2.64. The minimum atomic E-state index is -0.577. The SMILES string of the molecule is CCNC(Cc1cc(F)cc(F)c1)C(OC)OC. The molecule has 1 aromatic carbocycles. The van der Waals surface area contributed by atoms with Gasteiger partial charge in [-0.3, -0.25) is 0 Å². The van der Waals surface area contributed by atoms with Crippen molar-refractivity contribution in [1.82, 2.24) is 5.32 Å². The van der Waals surface area contributed by atoms with Gasteiger partial charge in [-0.1, -0.05) is 6.92 Å². The summed E-state index contributed by atoms with van der Waals surface area (Å²) in [6.07, 6.45) is -0.0363. The Morgan fingerprint density at radius 2 is 1.67 bits per heavy atom. The van der Waals surface area contributed by atoms with Gasteiger partial charge in [0, 0.05) is 20.3 Å². The summed E-state index contributed by atoms with van der Waals surface area (Å²) in [5.74, 6) is -1.15. The monoisotopic (exact) mass is 259 g/mol. The molecule has 1 aromatic rings. The average molecular weight is 259 g/mol. The summed E-state index contributed by atoms with van der Waals surface area (Å²) < 4.78 is 36.6. The van der Waals surface area contributed by atoms with Crippen molar-refractivity contribution in [2.45, 2.75) is 25.7 Å². The van der Waals surface area contributed by atoms with Crippen LogP contribution in [0.5, 0.6) is 0 Å². The van der Waals surface area contributed by atoms with Crippen molar-refractivity contribution in [2.24, 2.45) is 0 Å². The zero-order chi connectivity index (χ0) is 13.5. The number of ether oxygens (including phenoxy) is 2. The molecule has 102 valence electrons. The van der Waals surface area contributed by atoms with Gasteiger partial charge in [-0.2, -0.15) is 0 Å². The Morgan fingerprint density at radius 1 is 1.11 bits per heavy atom. The lowest BCUT2D eigenvalue weighted by Crippen LogP contribution is -2.43. The molecule has 1 atom stereocenters. The van der Waals surface area contributed by atoms with Gasteiger partial charge in [-0.25, -0.2) is 8.78 Å². The van der Waals surface area contributed by atoms with Crippen molar-refractivity contribution in [1.29, 1.82) is 0 Å². The van der Waals surface area contributed by atoms with Crippen molar-refractivity contribution >= 4 is 0 Å². The Bertz CT molecular complexity index is 350. The minimum absolute atomic E-state index is 0.161. The molecule has 0 heterocycles. The van der Waals surface area contributed by atoms with Gasteiger partial charge in [-0.05, 0) is 30.7 Å². The zero-order valence-corrected chi connectivity index (χ0v) is 10.9. The van der Waals surface area contributed by atoms with Crippen LogP contribution in [0.25, 0.3) is 0 Å². The molecular weight excluding hydrogens is 240 g/mol. The van der Waals surface area contributed by atoms with Gasteiger partial charge in [0.2, 0.25) is 0 Å². The topological polar surface area (TPSA) is 30.5 Å². The molecule has 0 saturated heterocycles. The van der Waals surface area contributed by atoms with Crippen LogP contribution in [0.4, 0.5) is 8.78 Å². The quantitative estimate of drug-likeness (QED) is 0.761. The van der Waals surface area contributed by atoms with Crippen LogP contribution in [-0.2, 0) is 15.9 Å². The van der Waals surface area contributed by atoms with Crippen LogP contribution in [-0.4, -0.2) is 33.1 Å².